The monoisotopic (exact) mass is 269 g/mol. The van der Waals surface area contributed by atoms with E-state index in [0.29, 0.717) is 12.6 Å². The van der Waals surface area contributed by atoms with Crippen LogP contribution in [0, 0.1) is 5.41 Å². The van der Waals surface area contributed by atoms with Gasteiger partial charge in [-0.2, -0.15) is 0 Å². The fourth-order valence-electron chi connectivity index (χ4n) is 3.48. The SMILES string of the molecule is CCN(CC1CCCO1)CC1(C(=O)O)CCCCC1. The third-order valence-corrected chi connectivity index (χ3v) is 4.72. The first-order valence-corrected chi connectivity index (χ1v) is 7.74. The second kappa shape index (κ2) is 6.71. The molecule has 0 amide bonds. The molecule has 0 aromatic rings. The van der Waals surface area contributed by atoms with Gasteiger partial charge in [0.15, 0.2) is 0 Å². The van der Waals surface area contributed by atoms with E-state index >= 15 is 0 Å². The largest absolute Gasteiger partial charge is 0.481 e. The maximum atomic E-state index is 11.7. The summed E-state index contributed by atoms with van der Waals surface area (Å²) in [5.74, 6) is -0.599. The van der Waals surface area contributed by atoms with Crippen LogP contribution in [0.15, 0.2) is 0 Å². The van der Waals surface area contributed by atoms with Crippen molar-refractivity contribution in [3.8, 4) is 0 Å². The predicted octanol–water partition coefficient (Wildman–Crippen LogP) is 2.52. The Hall–Kier alpha value is -0.610. The maximum absolute atomic E-state index is 11.7. The lowest BCUT2D eigenvalue weighted by molar-refractivity contribution is -0.152. The average Bonchev–Trinajstić information content (AvgIpc) is 2.92. The number of aliphatic carboxylic acids is 1. The lowest BCUT2D eigenvalue weighted by Gasteiger charge is -2.38. The Morgan fingerprint density at radius 3 is 2.58 bits per heavy atom. The van der Waals surface area contributed by atoms with Gasteiger partial charge in [0.1, 0.15) is 0 Å². The van der Waals surface area contributed by atoms with Crippen molar-refractivity contribution in [1.29, 1.82) is 0 Å². The molecule has 0 aromatic heterocycles. The highest BCUT2D eigenvalue weighted by Crippen LogP contribution is 2.37. The van der Waals surface area contributed by atoms with Gasteiger partial charge >= 0.3 is 5.97 Å². The summed E-state index contributed by atoms with van der Waals surface area (Å²) in [6, 6.07) is 0. The van der Waals surface area contributed by atoms with E-state index in [0.717, 1.165) is 58.2 Å². The number of ether oxygens (including phenoxy) is 1. The van der Waals surface area contributed by atoms with Crippen molar-refractivity contribution < 1.29 is 14.6 Å². The third-order valence-electron chi connectivity index (χ3n) is 4.72. The molecule has 0 radical (unpaired) electrons. The molecule has 19 heavy (non-hydrogen) atoms. The maximum Gasteiger partial charge on any atom is 0.310 e. The number of likely N-dealkylation sites (N-methyl/N-ethyl adjacent to an activating group) is 1. The molecular weight excluding hydrogens is 242 g/mol. The number of carbonyl (C=O) groups is 1. The minimum absolute atomic E-state index is 0.314. The Morgan fingerprint density at radius 1 is 1.32 bits per heavy atom. The second-order valence-electron chi connectivity index (χ2n) is 6.11. The van der Waals surface area contributed by atoms with Crippen LogP contribution in [0.1, 0.15) is 51.9 Å². The molecule has 4 heteroatoms. The van der Waals surface area contributed by atoms with Crippen molar-refractivity contribution in [2.75, 3.05) is 26.2 Å². The van der Waals surface area contributed by atoms with Crippen molar-refractivity contribution in [3.05, 3.63) is 0 Å². The van der Waals surface area contributed by atoms with Crippen molar-refractivity contribution in [3.63, 3.8) is 0 Å². The van der Waals surface area contributed by atoms with E-state index in [4.69, 9.17) is 4.74 Å². The van der Waals surface area contributed by atoms with Crippen LogP contribution in [0.3, 0.4) is 0 Å². The molecule has 1 aliphatic carbocycles. The number of carboxylic acid groups (broad SMARTS) is 1. The van der Waals surface area contributed by atoms with E-state index in [9.17, 15) is 9.90 Å². The second-order valence-corrected chi connectivity index (χ2v) is 6.11. The molecule has 4 nitrogen and oxygen atoms in total. The molecule has 1 N–H and O–H groups in total. The standard InChI is InChI=1S/C15H27NO3/c1-2-16(11-13-7-6-10-19-13)12-15(14(17)18)8-4-3-5-9-15/h13H,2-12H2,1H3,(H,17,18). The van der Waals surface area contributed by atoms with Crippen LogP contribution >= 0.6 is 0 Å². The molecule has 0 bridgehead atoms. The Balaban J connectivity index is 1.95. The van der Waals surface area contributed by atoms with E-state index < -0.39 is 11.4 Å². The Labute approximate surface area is 116 Å². The van der Waals surface area contributed by atoms with Gasteiger partial charge in [-0.3, -0.25) is 9.69 Å². The number of hydrogen-bond acceptors (Lipinski definition) is 3. The van der Waals surface area contributed by atoms with Crippen LogP contribution in [0.4, 0.5) is 0 Å². The molecule has 1 heterocycles. The van der Waals surface area contributed by atoms with Crippen LogP contribution in [0.25, 0.3) is 0 Å². The first-order valence-electron chi connectivity index (χ1n) is 7.74. The van der Waals surface area contributed by atoms with E-state index in [1.54, 1.807) is 0 Å². The molecule has 1 aliphatic heterocycles. The van der Waals surface area contributed by atoms with Gasteiger partial charge in [-0.05, 0) is 32.2 Å². The van der Waals surface area contributed by atoms with Gasteiger partial charge in [-0.1, -0.05) is 26.2 Å². The van der Waals surface area contributed by atoms with Crippen LogP contribution in [-0.2, 0) is 9.53 Å². The predicted molar refractivity (Wildman–Crippen MR) is 74.2 cm³/mol. The van der Waals surface area contributed by atoms with Gasteiger partial charge in [0, 0.05) is 19.7 Å². The zero-order valence-electron chi connectivity index (χ0n) is 12.1. The molecule has 1 saturated heterocycles. The molecule has 0 aromatic carbocycles. The van der Waals surface area contributed by atoms with E-state index in [2.05, 4.69) is 11.8 Å². The van der Waals surface area contributed by atoms with E-state index in [-0.39, 0.29) is 0 Å². The van der Waals surface area contributed by atoms with E-state index in [1.165, 1.54) is 6.42 Å². The molecule has 1 saturated carbocycles. The molecule has 2 aliphatic rings. The molecule has 110 valence electrons. The van der Waals surface area contributed by atoms with Gasteiger partial charge in [0.2, 0.25) is 0 Å². The van der Waals surface area contributed by atoms with Crippen LogP contribution in [-0.4, -0.2) is 48.3 Å². The normalized spacial score (nSPS) is 26.7. The molecule has 1 atom stereocenters. The fourth-order valence-corrected chi connectivity index (χ4v) is 3.48. The molecule has 0 spiro atoms. The Morgan fingerprint density at radius 2 is 2.05 bits per heavy atom. The van der Waals surface area contributed by atoms with Crippen molar-refractivity contribution in [2.45, 2.75) is 58.0 Å². The molecule has 2 fully saturated rings. The number of carboxylic acids is 1. The first kappa shape index (κ1) is 14.8. The summed E-state index contributed by atoms with van der Waals surface area (Å²) in [4.78, 5) is 14.0. The summed E-state index contributed by atoms with van der Waals surface area (Å²) in [5, 5.41) is 9.64. The highest BCUT2D eigenvalue weighted by molar-refractivity contribution is 5.75. The molecule has 2 rings (SSSR count). The lowest BCUT2D eigenvalue weighted by Crippen LogP contribution is -2.46. The number of nitrogens with zero attached hydrogens (tertiary/aromatic N) is 1. The van der Waals surface area contributed by atoms with E-state index in [1.807, 2.05) is 0 Å². The summed E-state index contributed by atoms with van der Waals surface area (Å²) >= 11 is 0. The highest BCUT2D eigenvalue weighted by Gasteiger charge is 2.41. The number of rotatable bonds is 6. The van der Waals surface area contributed by atoms with Crippen molar-refractivity contribution in [1.82, 2.24) is 4.90 Å². The summed E-state index contributed by atoms with van der Waals surface area (Å²) in [6.07, 6.45) is 7.56. The third kappa shape index (κ3) is 3.69. The van der Waals surface area contributed by atoms with Crippen LogP contribution in [0.2, 0.25) is 0 Å². The smallest absolute Gasteiger partial charge is 0.310 e. The summed E-state index contributed by atoms with van der Waals surface area (Å²) in [6.45, 7) is 5.48. The highest BCUT2D eigenvalue weighted by atomic mass is 16.5. The van der Waals surface area contributed by atoms with Gasteiger partial charge in [0.25, 0.3) is 0 Å². The lowest BCUT2D eigenvalue weighted by atomic mass is 9.73. The van der Waals surface area contributed by atoms with Crippen LogP contribution in [0.5, 0.6) is 0 Å². The quantitative estimate of drug-likeness (QED) is 0.805. The van der Waals surface area contributed by atoms with Crippen molar-refractivity contribution >= 4 is 5.97 Å². The first-order chi connectivity index (χ1) is 9.16. The average molecular weight is 269 g/mol. The van der Waals surface area contributed by atoms with Gasteiger partial charge < -0.3 is 9.84 Å². The van der Waals surface area contributed by atoms with Gasteiger partial charge in [-0.15, -0.1) is 0 Å². The van der Waals surface area contributed by atoms with Crippen LogP contribution < -0.4 is 0 Å². The minimum atomic E-state index is -0.599. The zero-order chi connectivity index (χ0) is 13.7. The molecule has 1 unspecified atom stereocenters. The van der Waals surface area contributed by atoms with Gasteiger partial charge in [0.05, 0.1) is 11.5 Å². The zero-order valence-corrected chi connectivity index (χ0v) is 12.1. The Bertz CT molecular complexity index is 294. The summed E-state index contributed by atoms with van der Waals surface area (Å²) < 4.78 is 5.68. The number of hydrogen-bond donors (Lipinski definition) is 1. The van der Waals surface area contributed by atoms with Crippen molar-refractivity contribution in [2.24, 2.45) is 5.41 Å². The fraction of sp³-hybridized carbons (Fsp3) is 0.933. The minimum Gasteiger partial charge on any atom is -0.481 e. The van der Waals surface area contributed by atoms with Gasteiger partial charge in [-0.25, -0.2) is 0 Å². The topological polar surface area (TPSA) is 49.8 Å². The Kier molecular flexibility index (Phi) is 5.22. The molecular formula is C15H27NO3. The summed E-state index contributed by atoms with van der Waals surface area (Å²) in [5.41, 5.74) is -0.507. The summed E-state index contributed by atoms with van der Waals surface area (Å²) in [7, 11) is 0.